The van der Waals surface area contributed by atoms with Crippen LogP contribution in [0.5, 0.6) is 0 Å². The summed E-state index contributed by atoms with van der Waals surface area (Å²) in [5.74, 6) is 1.07. The van der Waals surface area contributed by atoms with Crippen LogP contribution in [0.15, 0.2) is 12.4 Å². The fourth-order valence-electron chi connectivity index (χ4n) is 2.94. The third-order valence-corrected chi connectivity index (χ3v) is 4.01. The van der Waals surface area contributed by atoms with E-state index in [1.54, 1.807) is 0 Å². The highest BCUT2D eigenvalue weighted by Gasteiger charge is 2.16. The minimum absolute atomic E-state index is 0.697. The summed E-state index contributed by atoms with van der Waals surface area (Å²) >= 11 is 0. The highest BCUT2D eigenvalue weighted by Crippen LogP contribution is 2.18. The Morgan fingerprint density at radius 2 is 2.11 bits per heavy atom. The van der Waals surface area contributed by atoms with E-state index in [0.717, 1.165) is 31.0 Å². The molecule has 4 heteroatoms. The van der Waals surface area contributed by atoms with Gasteiger partial charge in [-0.05, 0) is 45.1 Å². The molecule has 0 bridgehead atoms. The maximum absolute atomic E-state index is 4.75. The molecule has 1 atom stereocenters. The highest BCUT2D eigenvalue weighted by atomic mass is 15.2. The van der Waals surface area contributed by atoms with Gasteiger partial charge in [-0.1, -0.05) is 0 Å². The maximum atomic E-state index is 4.75. The normalized spacial score (nSPS) is 23.8. The molecule has 1 unspecified atom stereocenters. The summed E-state index contributed by atoms with van der Waals surface area (Å²) in [6, 6.07) is 0.697. The zero-order valence-corrected chi connectivity index (χ0v) is 10.9. The predicted octanol–water partition coefficient (Wildman–Crippen LogP) is 1.76. The molecule has 2 fully saturated rings. The van der Waals surface area contributed by atoms with Crippen LogP contribution >= 0.6 is 0 Å². The zero-order chi connectivity index (χ0) is 12.2. The van der Waals surface area contributed by atoms with Crippen molar-refractivity contribution >= 4 is 5.82 Å². The zero-order valence-electron chi connectivity index (χ0n) is 10.9. The fourth-order valence-corrected chi connectivity index (χ4v) is 2.94. The summed E-state index contributed by atoms with van der Waals surface area (Å²) < 4.78 is 0. The van der Waals surface area contributed by atoms with E-state index in [0.29, 0.717) is 6.04 Å². The van der Waals surface area contributed by atoms with Crippen molar-refractivity contribution in [2.45, 2.75) is 44.6 Å². The Hall–Kier alpha value is -1.16. The third-order valence-electron chi connectivity index (χ3n) is 4.01. The van der Waals surface area contributed by atoms with Crippen LogP contribution in [0.4, 0.5) is 5.82 Å². The summed E-state index contributed by atoms with van der Waals surface area (Å²) in [7, 11) is 0. The van der Waals surface area contributed by atoms with Gasteiger partial charge in [-0.25, -0.2) is 4.98 Å². The van der Waals surface area contributed by atoms with Crippen molar-refractivity contribution in [2.24, 2.45) is 0 Å². The minimum atomic E-state index is 0.697. The first-order valence-corrected chi connectivity index (χ1v) is 7.21. The second-order valence-electron chi connectivity index (χ2n) is 5.39. The van der Waals surface area contributed by atoms with E-state index >= 15 is 0 Å². The van der Waals surface area contributed by atoms with Crippen LogP contribution in [0.25, 0.3) is 0 Å². The van der Waals surface area contributed by atoms with E-state index in [-0.39, 0.29) is 0 Å². The molecule has 4 nitrogen and oxygen atoms in total. The molecule has 0 aromatic carbocycles. The van der Waals surface area contributed by atoms with Gasteiger partial charge in [-0.2, -0.15) is 0 Å². The maximum Gasteiger partial charge on any atom is 0.147 e. The molecule has 3 rings (SSSR count). The van der Waals surface area contributed by atoms with Gasteiger partial charge in [0.25, 0.3) is 0 Å². The largest absolute Gasteiger partial charge is 0.355 e. The van der Waals surface area contributed by atoms with Crippen LogP contribution in [0.2, 0.25) is 0 Å². The molecule has 1 aromatic heterocycles. The molecular weight excluding hydrogens is 224 g/mol. The number of aromatic nitrogens is 2. The van der Waals surface area contributed by atoms with Gasteiger partial charge in [-0.3, -0.25) is 4.98 Å². The van der Waals surface area contributed by atoms with E-state index in [1.807, 2.05) is 12.4 Å². The number of aryl methyl sites for hydroxylation is 1. The quantitative estimate of drug-likeness (QED) is 0.879. The van der Waals surface area contributed by atoms with E-state index in [2.05, 4.69) is 15.2 Å². The Balaban J connectivity index is 1.59. The Labute approximate surface area is 109 Å². The molecule has 18 heavy (non-hydrogen) atoms. The number of nitrogens with zero attached hydrogens (tertiary/aromatic N) is 3. The molecule has 98 valence electrons. The van der Waals surface area contributed by atoms with Gasteiger partial charge in [0.05, 0.1) is 11.9 Å². The van der Waals surface area contributed by atoms with E-state index < -0.39 is 0 Å². The number of anilines is 1. The van der Waals surface area contributed by atoms with Crippen molar-refractivity contribution in [3.63, 3.8) is 0 Å². The number of rotatable bonds is 4. The van der Waals surface area contributed by atoms with Crippen molar-refractivity contribution < 1.29 is 0 Å². The van der Waals surface area contributed by atoms with E-state index in [4.69, 9.17) is 4.98 Å². The molecule has 0 spiro atoms. The number of hydrogen-bond acceptors (Lipinski definition) is 4. The summed E-state index contributed by atoms with van der Waals surface area (Å²) in [4.78, 5) is 11.5. The topological polar surface area (TPSA) is 41.1 Å². The minimum Gasteiger partial charge on any atom is -0.355 e. The van der Waals surface area contributed by atoms with Crippen LogP contribution < -0.4 is 10.2 Å². The Kier molecular flexibility index (Phi) is 3.74. The molecule has 0 saturated carbocycles. The SMILES string of the molecule is c1ncc(N2CCCC2)nc1CCC1CCCN1. The molecular formula is C14H22N4. The van der Waals surface area contributed by atoms with Crippen LogP contribution in [0.1, 0.15) is 37.8 Å². The molecule has 0 amide bonds. The van der Waals surface area contributed by atoms with Crippen molar-refractivity contribution in [3.05, 3.63) is 18.1 Å². The first-order chi connectivity index (χ1) is 8.92. The van der Waals surface area contributed by atoms with E-state index in [9.17, 15) is 0 Å². The van der Waals surface area contributed by atoms with Crippen LogP contribution in [0.3, 0.4) is 0 Å². The molecule has 0 aliphatic carbocycles. The average molecular weight is 246 g/mol. The van der Waals surface area contributed by atoms with Crippen molar-refractivity contribution in [2.75, 3.05) is 24.5 Å². The second-order valence-corrected chi connectivity index (χ2v) is 5.39. The molecule has 1 aromatic rings. The summed E-state index contributed by atoms with van der Waals surface area (Å²) in [5.41, 5.74) is 1.15. The van der Waals surface area contributed by atoms with Gasteiger partial charge in [0.1, 0.15) is 5.82 Å². The number of hydrogen-bond donors (Lipinski definition) is 1. The van der Waals surface area contributed by atoms with Gasteiger partial charge in [0, 0.05) is 25.3 Å². The first kappa shape index (κ1) is 11.9. The summed E-state index contributed by atoms with van der Waals surface area (Å²) in [5, 5.41) is 3.54. The Bertz CT molecular complexity index is 381. The number of nitrogens with one attached hydrogen (secondary N) is 1. The fraction of sp³-hybridized carbons (Fsp3) is 0.714. The molecule has 0 radical (unpaired) electrons. The van der Waals surface area contributed by atoms with Gasteiger partial charge < -0.3 is 10.2 Å². The molecule has 2 saturated heterocycles. The van der Waals surface area contributed by atoms with Crippen molar-refractivity contribution in [3.8, 4) is 0 Å². The van der Waals surface area contributed by atoms with Gasteiger partial charge in [-0.15, -0.1) is 0 Å². The lowest BCUT2D eigenvalue weighted by atomic mass is 10.1. The lowest BCUT2D eigenvalue weighted by Crippen LogP contribution is -2.22. The molecule has 2 aliphatic heterocycles. The van der Waals surface area contributed by atoms with Gasteiger partial charge in [0.15, 0.2) is 0 Å². The smallest absolute Gasteiger partial charge is 0.147 e. The summed E-state index contributed by atoms with van der Waals surface area (Å²) in [6.07, 6.45) is 11.3. The third kappa shape index (κ3) is 2.80. The highest BCUT2D eigenvalue weighted by molar-refractivity contribution is 5.37. The summed E-state index contributed by atoms with van der Waals surface area (Å²) in [6.45, 7) is 3.47. The lowest BCUT2D eigenvalue weighted by Gasteiger charge is -2.16. The van der Waals surface area contributed by atoms with Crippen LogP contribution in [-0.2, 0) is 6.42 Å². The molecule has 3 heterocycles. The predicted molar refractivity (Wildman–Crippen MR) is 72.8 cm³/mol. The molecule has 1 N–H and O–H groups in total. The van der Waals surface area contributed by atoms with Crippen LogP contribution in [-0.4, -0.2) is 35.6 Å². The van der Waals surface area contributed by atoms with Crippen molar-refractivity contribution in [1.29, 1.82) is 0 Å². The van der Waals surface area contributed by atoms with Crippen LogP contribution in [0, 0.1) is 0 Å². The lowest BCUT2D eigenvalue weighted by molar-refractivity contribution is 0.555. The van der Waals surface area contributed by atoms with Gasteiger partial charge in [0.2, 0.25) is 0 Å². The molecule has 2 aliphatic rings. The van der Waals surface area contributed by atoms with E-state index in [1.165, 1.54) is 38.6 Å². The average Bonchev–Trinajstić information content (AvgIpc) is 3.10. The van der Waals surface area contributed by atoms with Crippen molar-refractivity contribution in [1.82, 2.24) is 15.3 Å². The monoisotopic (exact) mass is 246 g/mol. The first-order valence-electron chi connectivity index (χ1n) is 7.21. The Morgan fingerprint density at radius 3 is 2.89 bits per heavy atom. The standard InChI is InChI=1S/C14H22N4/c1-2-9-18(8-1)14-11-15-10-13(17-14)6-5-12-4-3-7-16-12/h10-12,16H,1-9H2. The Morgan fingerprint density at radius 1 is 1.22 bits per heavy atom. The van der Waals surface area contributed by atoms with Gasteiger partial charge >= 0.3 is 0 Å². The second kappa shape index (κ2) is 5.65.